The van der Waals surface area contributed by atoms with Crippen molar-refractivity contribution in [2.75, 3.05) is 12.5 Å². The van der Waals surface area contributed by atoms with Crippen molar-refractivity contribution in [3.8, 4) is 0 Å². The molecule has 0 saturated heterocycles. The molecule has 5 aliphatic carbocycles. The molecule has 0 heterocycles. The van der Waals surface area contributed by atoms with Crippen molar-refractivity contribution in [2.24, 2.45) is 44.8 Å². The van der Waals surface area contributed by atoms with Crippen LogP contribution >= 0.6 is 11.6 Å². The topological polar surface area (TPSA) is 72.5 Å². The Labute approximate surface area is 234 Å². The number of ether oxygens (including phenoxy) is 1. The molecule has 0 aliphatic heterocycles. The lowest BCUT2D eigenvalue weighted by Crippen LogP contribution is -2.69. The van der Waals surface area contributed by atoms with Crippen LogP contribution in [0.15, 0.2) is 11.6 Å². The summed E-state index contributed by atoms with van der Waals surface area (Å²) < 4.78 is 5.38. The number of alkyl carbamates (subject to hydrolysis) is 1. The van der Waals surface area contributed by atoms with Gasteiger partial charge in [0.05, 0.1) is 5.88 Å². The van der Waals surface area contributed by atoms with Crippen LogP contribution in [0.3, 0.4) is 0 Å². The highest BCUT2D eigenvalue weighted by Crippen LogP contribution is 2.73. The van der Waals surface area contributed by atoms with Gasteiger partial charge < -0.3 is 10.1 Å². The Hall–Kier alpha value is -1.36. The number of ketones is 2. The van der Waals surface area contributed by atoms with E-state index in [0.29, 0.717) is 12.2 Å². The van der Waals surface area contributed by atoms with Crippen LogP contribution < -0.4 is 5.32 Å². The second-order valence-electron chi connectivity index (χ2n) is 15.4. The molecule has 0 radical (unpaired) electrons. The highest BCUT2D eigenvalue weighted by molar-refractivity contribution is 6.18. The van der Waals surface area contributed by atoms with E-state index in [1.807, 2.05) is 6.08 Å². The molecule has 0 unspecified atom stereocenters. The van der Waals surface area contributed by atoms with E-state index in [0.717, 1.165) is 51.4 Å². The summed E-state index contributed by atoms with van der Waals surface area (Å²) in [7, 11) is 0. The van der Waals surface area contributed by atoms with E-state index >= 15 is 0 Å². The zero-order valence-corrected chi connectivity index (χ0v) is 25.4. The quantitative estimate of drug-likeness (QED) is 0.379. The molecule has 0 bridgehead atoms. The third-order valence-corrected chi connectivity index (χ3v) is 13.0. The number of alkyl halides is 1. The molecule has 0 aromatic heterocycles. The fourth-order valence-electron chi connectivity index (χ4n) is 10.4. The Morgan fingerprint density at radius 3 is 2.37 bits per heavy atom. The van der Waals surface area contributed by atoms with Crippen LogP contribution in [0.4, 0.5) is 4.79 Å². The van der Waals surface area contributed by atoms with Crippen molar-refractivity contribution in [3.63, 3.8) is 0 Å². The van der Waals surface area contributed by atoms with Crippen molar-refractivity contribution in [1.82, 2.24) is 5.32 Å². The van der Waals surface area contributed by atoms with Crippen LogP contribution in [0.25, 0.3) is 0 Å². The highest BCUT2D eigenvalue weighted by atomic mass is 35.5. The third kappa shape index (κ3) is 3.79. The molecule has 5 aliphatic rings. The molecular weight excluding hydrogens is 498 g/mol. The van der Waals surface area contributed by atoms with Crippen LogP contribution in [0.2, 0.25) is 0 Å². The van der Waals surface area contributed by atoms with Gasteiger partial charge in [0.2, 0.25) is 0 Å². The summed E-state index contributed by atoms with van der Waals surface area (Å²) in [6.45, 7) is 16.2. The molecule has 0 aromatic carbocycles. The predicted octanol–water partition coefficient (Wildman–Crippen LogP) is 7.25. The summed E-state index contributed by atoms with van der Waals surface area (Å²) in [6.07, 6.45) is 9.62. The SMILES string of the molecule is CC1(C)CC[C@]2(NC(=O)OCCCl)CC[C@]3(C)[C@H](C(=O)C=C4[C@@]5(C)CCC(=O)C(C)(C)[C@@H]5CC[C@]43C)[C@@H]2C1. The number of fused-ring (bicyclic) bond motifs is 7. The molecule has 0 aromatic rings. The molecule has 38 heavy (non-hydrogen) atoms. The van der Waals surface area contributed by atoms with Crippen LogP contribution in [0.1, 0.15) is 106 Å². The summed E-state index contributed by atoms with van der Waals surface area (Å²) in [5.74, 6) is 1.05. The lowest BCUT2D eigenvalue weighted by atomic mass is 9.34. The lowest BCUT2D eigenvalue weighted by molar-refractivity contribution is -0.166. The number of carbonyl (C=O) groups is 3. The van der Waals surface area contributed by atoms with Gasteiger partial charge in [0.15, 0.2) is 5.78 Å². The Bertz CT molecular complexity index is 1080. The van der Waals surface area contributed by atoms with Crippen molar-refractivity contribution in [3.05, 3.63) is 11.6 Å². The second-order valence-corrected chi connectivity index (χ2v) is 15.8. The number of halogens is 1. The van der Waals surface area contributed by atoms with Gasteiger partial charge in [-0.2, -0.15) is 0 Å². The highest BCUT2D eigenvalue weighted by Gasteiger charge is 2.70. The Kier molecular flexibility index (Phi) is 6.54. The average Bonchev–Trinajstić information content (AvgIpc) is 2.82. The molecule has 5 rings (SSSR count). The van der Waals surface area contributed by atoms with Gasteiger partial charge in [-0.25, -0.2) is 4.79 Å². The lowest BCUT2D eigenvalue weighted by Gasteiger charge is -2.69. The van der Waals surface area contributed by atoms with Crippen molar-refractivity contribution < 1.29 is 19.1 Å². The average molecular weight is 546 g/mol. The minimum atomic E-state index is -0.430. The maximum atomic E-state index is 14.4. The number of rotatable bonds is 3. The van der Waals surface area contributed by atoms with E-state index in [4.69, 9.17) is 16.3 Å². The second kappa shape index (κ2) is 8.82. The van der Waals surface area contributed by atoms with E-state index in [1.165, 1.54) is 5.57 Å². The Morgan fingerprint density at radius 2 is 1.68 bits per heavy atom. The maximum absolute atomic E-state index is 14.4. The zero-order valence-electron chi connectivity index (χ0n) is 24.6. The number of Topliss-reactive ketones (excluding diaryl/α,β-unsaturated/α-hetero) is 1. The summed E-state index contributed by atoms with van der Waals surface area (Å²) in [5.41, 5.74) is 0.174. The molecule has 212 valence electrons. The first kappa shape index (κ1) is 28.2. The molecule has 1 amide bonds. The first-order chi connectivity index (χ1) is 17.6. The smallest absolute Gasteiger partial charge is 0.407 e. The van der Waals surface area contributed by atoms with Gasteiger partial charge in [-0.3, -0.25) is 9.59 Å². The van der Waals surface area contributed by atoms with Gasteiger partial charge in [-0.1, -0.05) is 54.0 Å². The van der Waals surface area contributed by atoms with Crippen LogP contribution in [0.5, 0.6) is 0 Å². The zero-order chi connectivity index (χ0) is 27.9. The first-order valence-corrected chi connectivity index (χ1v) is 15.4. The molecular formula is C32H48ClNO4. The van der Waals surface area contributed by atoms with Gasteiger partial charge in [0.1, 0.15) is 12.4 Å². The van der Waals surface area contributed by atoms with Crippen molar-refractivity contribution >= 4 is 29.3 Å². The third-order valence-electron chi connectivity index (χ3n) is 12.8. The van der Waals surface area contributed by atoms with E-state index in [1.54, 1.807) is 0 Å². The Morgan fingerprint density at radius 1 is 1.00 bits per heavy atom. The molecule has 4 fully saturated rings. The minimum absolute atomic E-state index is 0.0607. The predicted molar refractivity (Wildman–Crippen MR) is 150 cm³/mol. The van der Waals surface area contributed by atoms with Gasteiger partial charge in [-0.15, -0.1) is 11.6 Å². The van der Waals surface area contributed by atoms with Gasteiger partial charge in [0.25, 0.3) is 0 Å². The maximum Gasteiger partial charge on any atom is 0.407 e. The van der Waals surface area contributed by atoms with E-state index < -0.39 is 11.6 Å². The number of hydrogen-bond donors (Lipinski definition) is 1. The van der Waals surface area contributed by atoms with Crippen LogP contribution in [0, 0.1) is 44.8 Å². The van der Waals surface area contributed by atoms with E-state index in [9.17, 15) is 14.4 Å². The van der Waals surface area contributed by atoms with Crippen LogP contribution in [-0.4, -0.2) is 35.7 Å². The summed E-state index contributed by atoms with van der Waals surface area (Å²) in [5, 5.41) is 3.30. The monoisotopic (exact) mass is 545 g/mol. The minimum Gasteiger partial charge on any atom is -0.448 e. The van der Waals surface area contributed by atoms with Crippen molar-refractivity contribution in [2.45, 2.75) is 112 Å². The van der Waals surface area contributed by atoms with E-state index in [-0.39, 0.29) is 63.1 Å². The number of allylic oxidation sites excluding steroid dienone is 2. The fourth-order valence-corrected chi connectivity index (χ4v) is 10.5. The summed E-state index contributed by atoms with van der Waals surface area (Å²) >= 11 is 5.78. The normalized spacial score (nSPS) is 45.1. The van der Waals surface area contributed by atoms with Gasteiger partial charge in [0, 0.05) is 23.3 Å². The first-order valence-electron chi connectivity index (χ1n) is 14.9. The molecule has 4 saturated carbocycles. The number of hydrogen-bond acceptors (Lipinski definition) is 4. The number of carbonyl (C=O) groups excluding carboxylic acids is 3. The van der Waals surface area contributed by atoms with E-state index in [2.05, 4.69) is 53.8 Å². The molecule has 1 N–H and O–H groups in total. The fraction of sp³-hybridized carbons (Fsp3) is 0.844. The van der Waals surface area contributed by atoms with Gasteiger partial charge in [-0.05, 0) is 90.9 Å². The number of amides is 1. The number of nitrogens with one attached hydrogen (secondary N) is 1. The molecule has 0 spiro atoms. The molecule has 7 atom stereocenters. The summed E-state index contributed by atoms with van der Waals surface area (Å²) in [6, 6.07) is 0. The molecule has 5 nitrogen and oxygen atoms in total. The largest absolute Gasteiger partial charge is 0.448 e. The molecule has 6 heteroatoms. The summed E-state index contributed by atoms with van der Waals surface area (Å²) in [4.78, 5) is 40.3. The van der Waals surface area contributed by atoms with Gasteiger partial charge >= 0.3 is 6.09 Å². The van der Waals surface area contributed by atoms with Crippen molar-refractivity contribution in [1.29, 1.82) is 0 Å². The standard InChI is InChI=1S/C32H48ClNO4/c1-27(2)12-14-32(34-26(37)38-17-16-33)15-13-31(7)25(20(32)19-27)21(35)18-23-29(5)10-9-24(36)28(3,4)22(29)8-11-30(23,31)6/h18,20,22,25H,8-17,19H2,1-7H3,(H,34,37)/t20-,22-,25-,29-,30+,31+,32-/m0/s1. The Balaban J connectivity index is 1.58. The van der Waals surface area contributed by atoms with Crippen LogP contribution in [-0.2, 0) is 14.3 Å².